The largest absolute Gasteiger partial charge is 0.481 e. The number of aliphatic carboxylic acids is 1. The second kappa shape index (κ2) is 2.66. The molecule has 5 nitrogen and oxygen atoms in total. The average Bonchev–Trinajstić information content (AvgIpc) is 2.85. The molecule has 5 heteroatoms. The summed E-state index contributed by atoms with van der Waals surface area (Å²) in [7, 11) is 1.80. The number of rotatable bonds is 2. The highest BCUT2D eigenvalue weighted by atomic mass is 16.4. The van der Waals surface area contributed by atoms with Crippen molar-refractivity contribution in [1.82, 2.24) is 9.78 Å². The topological polar surface area (TPSA) is 68.3 Å². The molecule has 0 radical (unpaired) electrons. The van der Waals surface area contributed by atoms with Gasteiger partial charge in [0.2, 0.25) is 0 Å². The zero-order chi connectivity index (χ0) is 11.5. The second-order valence-corrected chi connectivity index (χ2v) is 4.43. The van der Waals surface area contributed by atoms with Crippen LogP contribution in [0.2, 0.25) is 0 Å². The maximum Gasteiger partial charge on any atom is 0.315 e. The summed E-state index contributed by atoms with van der Waals surface area (Å²) in [6, 6.07) is 1.88. The first kappa shape index (κ1) is 9.45. The molecule has 0 aromatic carbocycles. The van der Waals surface area contributed by atoms with Gasteiger partial charge < -0.3 is 9.52 Å². The Bertz CT molecular complexity index is 590. The molecule has 1 aliphatic carbocycles. The number of fused-ring (bicyclic) bond motifs is 1. The molecule has 0 atom stereocenters. The van der Waals surface area contributed by atoms with E-state index in [9.17, 15) is 9.90 Å². The van der Waals surface area contributed by atoms with E-state index in [4.69, 9.17) is 4.42 Å². The summed E-state index contributed by atoms with van der Waals surface area (Å²) >= 11 is 0. The molecule has 16 heavy (non-hydrogen) atoms. The van der Waals surface area contributed by atoms with Gasteiger partial charge in [0.1, 0.15) is 22.4 Å². The smallest absolute Gasteiger partial charge is 0.315 e. The lowest BCUT2D eigenvalue weighted by Crippen LogP contribution is -2.20. The van der Waals surface area contributed by atoms with Gasteiger partial charge in [-0.15, -0.1) is 0 Å². The molecular weight excluding hydrogens is 208 g/mol. The Morgan fingerprint density at radius 3 is 2.88 bits per heavy atom. The van der Waals surface area contributed by atoms with Crippen LogP contribution in [0.15, 0.2) is 10.5 Å². The summed E-state index contributed by atoms with van der Waals surface area (Å²) in [5, 5.41) is 13.5. The van der Waals surface area contributed by atoms with Crippen LogP contribution in [0, 0.1) is 6.92 Å². The summed E-state index contributed by atoms with van der Waals surface area (Å²) in [5.41, 5.74) is 1.26. The summed E-state index contributed by atoms with van der Waals surface area (Å²) in [6.07, 6.45) is 1.29. The number of hydrogen-bond donors (Lipinski definition) is 1. The number of aryl methyl sites for hydroxylation is 2. The van der Waals surface area contributed by atoms with E-state index < -0.39 is 11.4 Å². The average molecular weight is 220 g/mol. The van der Waals surface area contributed by atoms with E-state index in [1.165, 1.54) is 0 Å². The molecular formula is C11H12N2O3. The number of carboxylic acid groups (broad SMARTS) is 1. The fourth-order valence-corrected chi connectivity index (χ4v) is 2.15. The molecule has 0 bridgehead atoms. The van der Waals surface area contributed by atoms with E-state index in [1.807, 2.05) is 13.0 Å². The highest BCUT2D eigenvalue weighted by Crippen LogP contribution is 2.50. The first-order chi connectivity index (χ1) is 7.54. The minimum atomic E-state index is -0.804. The Labute approximate surface area is 91.7 Å². The summed E-state index contributed by atoms with van der Waals surface area (Å²) in [4.78, 5) is 11.3. The Kier molecular flexibility index (Phi) is 1.57. The van der Waals surface area contributed by atoms with Crippen molar-refractivity contribution in [2.24, 2.45) is 7.05 Å². The molecule has 0 aliphatic heterocycles. The highest BCUT2D eigenvalue weighted by molar-refractivity contribution is 5.90. The Morgan fingerprint density at radius 1 is 1.62 bits per heavy atom. The molecule has 2 heterocycles. The second-order valence-electron chi connectivity index (χ2n) is 4.43. The standard InChI is InChI=1S/C11H12N2O3/c1-6-5-7-8(16-6)9(12-13(7)2)11(3-4-11)10(14)15/h5H,3-4H2,1-2H3,(H,14,15). The predicted molar refractivity (Wildman–Crippen MR) is 56.3 cm³/mol. The first-order valence-corrected chi connectivity index (χ1v) is 5.21. The maximum absolute atomic E-state index is 11.3. The van der Waals surface area contributed by atoms with Crippen LogP contribution < -0.4 is 0 Å². The van der Waals surface area contributed by atoms with Gasteiger partial charge in [0.05, 0.1) is 0 Å². The van der Waals surface area contributed by atoms with Crippen molar-refractivity contribution in [1.29, 1.82) is 0 Å². The van der Waals surface area contributed by atoms with Crippen LogP contribution in [0.25, 0.3) is 11.1 Å². The van der Waals surface area contributed by atoms with Gasteiger partial charge in [-0.1, -0.05) is 0 Å². The number of carbonyl (C=O) groups is 1. The lowest BCUT2D eigenvalue weighted by molar-refractivity contribution is -0.140. The van der Waals surface area contributed by atoms with Crippen LogP contribution in [-0.4, -0.2) is 20.9 Å². The van der Waals surface area contributed by atoms with Crippen molar-refractivity contribution < 1.29 is 14.3 Å². The van der Waals surface area contributed by atoms with Gasteiger partial charge in [-0.3, -0.25) is 9.48 Å². The number of carboxylic acids is 1. The summed E-state index contributed by atoms with van der Waals surface area (Å²) < 4.78 is 7.23. The molecule has 0 amide bonds. The molecule has 0 spiro atoms. The third-order valence-corrected chi connectivity index (χ3v) is 3.26. The van der Waals surface area contributed by atoms with Crippen LogP contribution >= 0.6 is 0 Å². The van der Waals surface area contributed by atoms with Crippen LogP contribution in [0.4, 0.5) is 0 Å². The minimum Gasteiger partial charge on any atom is -0.481 e. The van der Waals surface area contributed by atoms with Gasteiger partial charge >= 0.3 is 5.97 Å². The summed E-state index contributed by atoms with van der Waals surface area (Å²) in [5.74, 6) is -0.0213. The number of furan rings is 1. The van der Waals surface area contributed by atoms with E-state index in [-0.39, 0.29) is 0 Å². The lowest BCUT2D eigenvalue weighted by atomic mass is 10.0. The van der Waals surface area contributed by atoms with Crippen molar-refractivity contribution >= 4 is 17.1 Å². The molecule has 0 unspecified atom stereocenters. The van der Waals surface area contributed by atoms with Gasteiger partial charge in [0.15, 0.2) is 5.58 Å². The number of nitrogens with zero attached hydrogens (tertiary/aromatic N) is 2. The molecule has 1 N–H and O–H groups in total. The Balaban J connectivity index is 2.28. The molecule has 84 valence electrons. The number of aromatic nitrogens is 2. The monoisotopic (exact) mass is 220 g/mol. The van der Waals surface area contributed by atoms with Gasteiger partial charge in [0, 0.05) is 13.1 Å². The van der Waals surface area contributed by atoms with E-state index >= 15 is 0 Å². The molecule has 0 saturated heterocycles. The zero-order valence-corrected chi connectivity index (χ0v) is 9.15. The molecule has 1 saturated carbocycles. The quantitative estimate of drug-likeness (QED) is 0.834. The van der Waals surface area contributed by atoms with Crippen LogP contribution in [0.1, 0.15) is 24.3 Å². The summed E-state index contributed by atoms with van der Waals surface area (Å²) in [6.45, 7) is 1.85. The van der Waals surface area contributed by atoms with Crippen molar-refractivity contribution in [2.75, 3.05) is 0 Å². The Hall–Kier alpha value is -1.78. The third-order valence-electron chi connectivity index (χ3n) is 3.26. The SMILES string of the molecule is Cc1cc2c(o1)c(C1(C(=O)O)CC1)nn2C. The fourth-order valence-electron chi connectivity index (χ4n) is 2.15. The van der Waals surface area contributed by atoms with E-state index in [0.717, 1.165) is 11.3 Å². The molecule has 2 aromatic rings. The van der Waals surface area contributed by atoms with E-state index in [1.54, 1.807) is 11.7 Å². The molecule has 2 aromatic heterocycles. The molecule has 1 fully saturated rings. The van der Waals surface area contributed by atoms with Crippen LogP contribution in [0.3, 0.4) is 0 Å². The van der Waals surface area contributed by atoms with E-state index in [2.05, 4.69) is 5.10 Å². The van der Waals surface area contributed by atoms with Gasteiger partial charge in [-0.05, 0) is 19.8 Å². The van der Waals surface area contributed by atoms with E-state index in [0.29, 0.717) is 24.1 Å². The highest BCUT2D eigenvalue weighted by Gasteiger charge is 2.55. The van der Waals surface area contributed by atoms with Crippen molar-refractivity contribution in [3.8, 4) is 0 Å². The third kappa shape index (κ3) is 1.00. The van der Waals surface area contributed by atoms with Gasteiger partial charge in [-0.25, -0.2) is 0 Å². The lowest BCUT2D eigenvalue weighted by Gasteiger charge is -2.04. The van der Waals surface area contributed by atoms with Crippen LogP contribution in [0.5, 0.6) is 0 Å². The zero-order valence-electron chi connectivity index (χ0n) is 9.15. The van der Waals surface area contributed by atoms with Gasteiger partial charge in [-0.2, -0.15) is 5.10 Å². The molecule has 3 rings (SSSR count). The van der Waals surface area contributed by atoms with Crippen molar-refractivity contribution in [2.45, 2.75) is 25.2 Å². The first-order valence-electron chi connectivity index (χ1n) is 5.21. The Morgan fingerprint density at radius 2 is 2.31 bits per heavy atom. The van der Waals surface area contributed by atoms with Crippen molar-refractivity contribution in [3.05, 3.63) is 17.5 Å². The maximum atomic E-state index is 11.3. The fraction of sp³-hybridized carbons (Fsp3) is 0.455. The molecule has 1 aliphatic rings. The minimum absolute atomic E-state index is 0.575. The number of hydrogen-bond acceptors (Lipinski definition) is 3. The van der Waals surface area contributed by atoms with Gasteiger partial charge in [0.25, 0.3) is 0 Å². The predicted octanol–water partition coefficient (Wildman–Crippen LogP) is 1.59. The normalized spacial score (nSPS) is 17.9. The van der Waals surface area contributed by atoms with Crippen molar-refractivity contribution in [3.63, 3.8) is 0 Å². The van der Waals surface area contributed by atoms with Crippen LogP contribution in [-0.2, 0) is 17.3 Å².